The van der Waals surface area contributed by atoms with Crippen molar-refractivity contribution in [2.75, 3.05) is 27.4 Å². The van der Waals surface area contributed by atoms with Crippen LogP contribution in [0.5, 0.6) is 17.2 Å². The minimum Gasteiger partial charge on any atom is -0.497 e. The van der Waals surface area contributed by atoms with Crippen molar-refractivity contribution in [1.82, 2.24) is 0 Å². The highest BCUT2D eigenvalue weighted by molar-refractivity contribution is 5.92. The predicted octanol–water partition coefficient (Wildman–Crippen LogP) is 3.87. The van der Waals surface area contributed by atoms with Gasteiger partial charge < -0.3 is 33.2 Å². The molecule has 3 aromatic carbocycles. The van der Waals surface area contributed by atoms with Gasteiger partial charge in [0.2, 0.25) is 0 Å². The number of fused-ring (bicyclic) bond motifs is 1. The van der Waals surface area contributed by atoms with E-state index in [2.05, 4.69) is 0 Å². The first-order chi connectivity index (χ1) is 19.9. The van der Waals surface area contributed by atoms with Crippen molar-refractivity contribution >= 4 is 24.0 Å². The van der Waals surface area contributed by atoms with Gasteiger partial charge in [0.15, 0.2) is 12.2 Å². The molecule has 10 nitrogen and oxygen atoms in total. The average Bonchev–Trinajstić information content (AvgIpc) is 3.59. The Labute approximate surface area is 236 Å². The van der Waals surface area contributed by atoms with Gasteiger partial charge in [0.05, 0.1) is 38.6 Å². The van der Waals surface area contributed by atoms with Crippen LogP contribution in [0.1, 0.15) is 26.3 Å². The summed E-state index contributed by atoms with van der Waals surface area (Å²) < 4.78 is 38.3. The molecule has 0 N–H and O–H groups in total. The van der Waals surface area contributed by atoms with Crippen LogP contribution in [0.4, 0.5) is 0 Å². The summed E-state index contributed by atoms with van der Waals surface area (Å²) in [5, 5.41) is 0. The summed E-state index contributed by atoms with van der Waals surface area (Å²) in [6.45, 7) is 0.230. The molecule has 2 unspecified atom stereocenters. The summed E-state index contributed by atoms with van der Waals surface area (Å²) in [4.78, 5) is 37.5. The third-order valence-corrected chi connectivity index (χ3v) is 6.64. The fraction of sp³-hybridized carbons (Fsp3) is 0.258. The maximum atomic E-state index is 12.8. The summed E-state index contributed by atoms with van der Waals surface area (Å²) in [5.74, 6) is -0.0410. The summed E-state index contributed by atoms with van der Waals surface area (Å²) in [6, 6.07) is 19.8. The lowest BCUT2D eigenvalue weighted by Crippen LogP contribution is -2.35. The molecule has 0 amide bonds. The number of esters is 3. The zero-order chi connectivity index (χ0) is 28.8. The van der Waals surface area contributed by atoms with E-state index in [4.69, 9.17) is 33.2 Å². The van der Waals surface area contributed by atoms with E-state index in [-0.39, 0.29) is 24.5 Å². The second-order valence-electron chi connectivity index (χ2n) is 9.26. The molecular formula is C31H28O10. The number of hydrogen-bond donors (Lipinski definition) is 0. The Balaban J connectivity index is 1.10. The van der Waals surface area contributed by atoms with Gasteiger partial charge >= 0.3 is 17.9 Å². The van der Waals surface area contributed by atoms with Crippen molar-refractivity contribution in [3.8, 4) is 17.2 Å². The van der Waals surface area contributed by atoms with Crippen LogP contribution in [-0.2, 0) is 23.7 Å². The average molecular weight is 561 g/mol. The first kappa shape index (κ1) is 27.9. The van der Waals surface area contributed by atoms with Crippen molar-refractivity contribution in [3.05, 3.63) is 95.6 Å². The van der Waals surface area contributed by atoms with Gasteiger partial charge in [-0.25, -0.2) is 14.4 Å². The highest BCUT2D eigenvalue weighted by Crippen LogP contribution is 2.31. The smallest absolute Gasteiger partial charge is 0.343 e. The second-order valence-corrected chi connectivity index (χ2v) is 9.26. The van der Waals surface area contributed by atoms with Crippen LogP contribution in [0.2, 0.25) is 0 Å². The molecule has 0 saturated carbocycles. The lowest BCUT2D eigenvalue weighted by Gasteiger charge is -2.17. The van der Waals surface area contributed by atoms with E-state index < -0.39 is 42.3 Å². The predicted molar refractivity (Wildman–Crippen MR) is 145 cm³/mol. The van der Waals surface area contributed by atoms with Gasteiger partial charge in [0.1, 0.15) is 29.5 Å². The summed E-state index contributed by atoms with van der Waals surface area (Å²) >= 11 is 0. The minimum absolute atomic E-state index is 0.106. The van der Waals surface area contributed by atoms with Gasteiger partial charge in [0.25, 0.3) is 0 Å². The summed E-state index contributed by atoms with van der Waals surface area (Å²) in [6.07, 6.45) is 0.563. The van der Waals surface area contributed by atoms with Gasteiger partial charge in [-0.15, -0.1) is 0 Å². The van der Waals surface area contributed by atoms with Crippen molar-refractivity contribution in [1.29, 1.82) is 0 Å². The van der Waals surface area contributed by atoms with Crippen molar-refractivity contribution < 1.29 is 47.5 Å². The number of rotatable bonds is 9. The molecule has 0 aromatic heterocycles. The number of benzene rings is 3. The SMILES string of the molecule is COc1ccc(C=CC(=O)O[C@@H]2COC3C2OC[C@H]3OC(=O)c2ccc(OC(=O)c3ccc(OC)cc3)cc2)cc1. The molecule has 2 saturated heterocycles. The quantitative estimate of drug-likeness (QED) is 0.217. The van der Waals surface area contributed by atoms with E-state index in [0.29, 0.717) is 11.3 Å². The molecule has 0 bridgehead atoms. The van der Waals surface area contributed by atoms with Crippen LogP contribution in [0, 0.1) is 0 Å². The Hall–Kier alpha value is -4.67. The van der Waals surface area contributed by atoms with E-state index in [1.165, 1.54) is 37.5 Å². The molecule has 0 radical (unpaired) electrons. The van der Waals surface area contributed by atoms with Crippen LogP contribution in [0.3, 0.4) is 0 Å². The fourth-order valence-corrected chi connectivity index (χ4v) is 4.46. The monoisotopic (exact) mass is 560 g/mol. The molecule has 5 rings (SSSR count). The van der Waals surface area contributed by atoms with Gasteiger partial charge in [-0.1, -0.05) is 12.1 Å². The lowest BCUT2D eigenvalue weighted by molar-refractivity contribution is -0.147. The molecule has 0 spiro atoms. The second kappa shape index (κ2) is 12.7. The van der Waals surface area contributed by atoms with Crippen LogP contribution >= 0.6 is 0 Å². The number of carbonyl (C=O) groups excluding carboxylic acids is 3. The highest BCUT2D eigenvalue weighted by Gasteiger charge is 2.51. The van der Waals surface area contributed by atoms with E-state index >= 15 is 0 Å². The highest BCUT2D eigenvalue weighted by atomic mass is 16.7. The first-order valence-corrected chi connectivity index (χ1v) is 12.9. The van der Waals surface area contributed by atoms with Crippen molar-refractivity contribution in [3.63, 3.8) is 0 Å². The number of carbonyl (C=O) groups is 3. The molecule has 2 fully saturated rings. The van der Waals surface area contributed by atoms with E-state index in [9.17, 15) is 14.4 Å². The zero-order valence-corrected chi connectivity index (χ0v) is 22.4. The van der Waals surface area contributed by atoms with Crippen LogP contribution < -0.4 is 14.2 Å². The standard InChI is InChI=1S/C31H28O10/c1-35-22-10-3-19(4-11-22)5-16-27(32)40-25-17-37-29-26(18-38-28(25)29)41-31(34)21-8-14-24(15-9-21)39-30(33)20-6-12-23(36-2)13-7-20/h3-16,25-26,28-29H,17-18H2,1-2H3/t25-,26-,28?,29?/m1/s1. The summed E-state index contributed by atoms with van der Waals surface area (Å²) in [5.41, 5.74) is 1.44. The normalized spacial score (nSPS) is 21.2. The van der Waals surface area contributed by atoms with E-state index in [1.807, 2.05) is 12.1 Å². The van der Waals surface area contributed by atoms with Crippen LogP contribution in [0.25, 0.3) is 6.08 Å². The molecular weight excluding hydrogens is 532 g/mol. The summed E-state index contributed by atoms with van der Waals surface area (Å²) in [7, 11) is 3.12. The van der Waals surface area contributed by atoms with Crippen LogP contribution in [-0.4, -0.2) is 69.8 Å². The van der Waals surface area contributed by atoms with E-state index in [0.717, 1.165) is 11.3 Å². The number of ether oxygens (including phenoxy) is 7. The van der Waals surface area contributed by atoms with Gasteiger partial charge in [0, 0.05) is 6.08 Å². The maximum absolute atomic E-state index is 12.8. The Bertz CT molecular complexity index is 1400. The fourth-order valence-electron chi connectivity index (χ4n) is 4.46. The Morgan fingerprint density at radius 2 is 1.15 bits per heavy atom. The van der Waals surface area contributed by atoms with Gasteiger partial charge in [-0.2, -0.15) is 0 Å². The van der Waals surface area contributed by atoms with E-state index in [1.54, 1.807) is 49.6 Å². The van der Waals surface area contributed by atoms with Gasteiger partial charge in [-0.05, 0) is 72.3 Å². The third-order valence-electron chi connectivity index (χ3n) is 6.64. The van der Waals surface area contributed by atoms with Crippen LogP contribution in [0.15, 0.2) is 78.9 Å². The Morgan fingerprint density at radius 3 is 1.71 bits per heavy atom. The molecule has 41 heavy (non-hydrogen) atoms. The van der Waals surface area contributed by atoms with Crippen molar-refractivity contribution in [2.24, 2.45) is 0 Å². The molecule has 3 aromatic rings. The third kappa shape index (κ3) is 6.74. The van der Waals surface area contributed by atoms with Gasteiger partial charge in [-0.3, -0.25) is 0 Å². The molecule has 2 heterocycles. The molecule has 0 aliphatic carbocycles. The van der Waals surface area contributed by atoms with Crippen molar-refractivity contribution in [2.45, 2.75) is 24.4 Å². The molecule has 2 aliphatic heterocycles. The largest absolute Gasteiger partial charge is 0.497 e. The Kier molecular flexibility index (Phi) is 8.61. The number of hydrogen-bond acceptors (Lipinski definition) is 10. The number of methoxy groups -OCH3 is 2. The zero-order valence-electron chi connectivity index (χ0n) is 22.4. The minimum atomic E-state index is -0.668. The molecule has 2 aliphatic rings. The molecule has 212 valence electrons. The topological polar surface area (TPSA) is 116 Å². The first-order valence-electron chi connectivity index (χ1n) is 12.9. The maximum Gasteiger partial charge on any atom is 0.343 e. The molecule has 4 atom stereocenters. The Morgan fingerprint density at radius 1 is 0.659 bits per heavy atom. The lowest BCUT2D eigenvalue weighted by atomic mass is 10.1. The molecule has 10 heteroatoms.